The van der Waals surface area contributed by atoms with Crippen LogP contribution in [0.15, 0.2) is 18.2 Å². The number of rotatable bonds is 5. The molecule has 20 heavy (non-hydrogen) atoms. The summed E-state index contributed by atoms with van der Waals surface area (Å²) in [5.41, 5.74) is 0.921. The third kappa shape index (κ3) is 3.72. The average molecular weight is 279 g/mol. The summed E-state index contributed by atoms with van der Waals surface area (Å²) in [5.74, 6) is 1.21. The van der Waals surface area contributed by atoms with Gasteiger partial charge in [0.1, 0.15) is 17.7 Å². The van der Waals surface area contributed by atoms with Gasteiger partial charge in [0.25, 0.3) is 0 Å². The molecule has 0 aliphatic heterocycles. The van der Waals surface area contributed by atoms with Gasteiger partial charge in [0.2, 0.25) is 0 Å². The van der Waals surface area contributed by atoms with Crippen molar-refractivity contribution in [3.8, 4) is 5.75 Å². The summed E-state index contributed by atoms with van der Waals surface area (Å²) in [4.78, 5) is 0. The van der Waals surface area contributed by atoms with E-state index in [4.69, 9.17) is 4.74 Å². The minimum atomic E-state index is -0.200. The highest BCUT2D eigenvalue weighted by Crippen LogP contribution is 2.32. The monoisotopic (exact) mass is 279 g/mol. The minimum absolute atomic E-state index is 0.101. The van der Waals surface area contributed by atoms with Gasteiger partial charge in [-0.25, -0.2) is 4.39 Å². The summed E-state index contributed by atoms with van der Waals surface area (Å²) in [6.07, 6.45) is 5.12. The highest BCUT2D eigenvalue weighted by molar-refractivity contribution is 5.36. The fourth-order valence-corrected chi connectivity index (χ4v) is 3.00. The van der Waals surface area contributed by atoms with Crippen LogP contribution in [0.2, 0.25) is 0 Å². The molecule has 1 fully saturated rings. The first kappa shape index (κ1) is 15.3. The fraction of sp³-hybridized carbons (Fsp3) is 0.647. The molecular formula is C17H26FNO. The maximum atomic E-state index is 13.5. The van der Waals surface area contributed by atoms with Crippen molar-refractivity contribution in [2.75, 3.05) is 6.54 Å². The Bertz CT molecular complexity index is 435. The molecular weight excluding hydrogens is 253 g/mol. The zero-order valence-corrected chi connectivity index (χ0v) is 12.8. The number of nitrogens with one attached hydrogen (secondary N) is 1. The maximum absolute atomic E-state index is 13.5. The number of halogens is 1. The van der Waals surface area contributed by atoms with Crippen LogP contribution in [-0.4, -0.2) is 12.6 Å². The molecule has 0 bridgehead atoms. The molecule has 3 unspecified atom stereocenters. The molecule has 3 heteroatoms. The molecule has 1 N–H and O–H groups in total. The molecule has 0 aromatic heterocycles. The first-order valence-electron chi connectivity index (χ1n) is 7.81. The van der Waals surface area contributed by atoms with Gasteiger partial charge in [0.05, 0.1) is 0 Å². The van der Waals surface area contributed by atoms with E-state index in [-0.39, 0.29) is 18.0 Å². The summed E-state index contributed by atoms with van der Waals surface area (Å²) in [6, 6.07) is 4.96. The zero-order valence-electron chi connectivity index (χ0n) is 12.8. The van der Waals surface area contributed by atoms with Crippen LogP contribution in [0.25, 0.3) is 0 Å². The Morgan fingerprint density at radius 3 is 2.80 bits per heavy atom. The van der Waals surface area contributed by atoms with E-state index in [1.165, 1.54) is 25.3 Å². The SMILES string of the molecule is CCNC(C)c1cc(F)ccc1OC1CCCCC1C. The molecule has 1 saturated carbocycles. The first-order valence-corrected chi connectivity index (χ1v) is 7.81. The molecule has 2 rings (SSSR count). The van der Waals surface area contributed by atoms with Crippen LogP contribution in [0.1, 0.15) is 58.1 Å². The van der Waals surface area contributed by atoms with E-state index in [0.717, 1.165) is 24.3 Å². The van der Waals surface area contributed by atoms with E-state index in [9.17, 15) is 4.39 Å². The summed E-state index contributed by atoms with van der Waals surface area (Å²) < 4.78 is 19.7. The lowest BCUT2D eigenvalue weighted by Crippen LogP contribution is -2.29. The Hall–Kier alpha value is -1.09. The highest BCUT2D eigenvalue weighted by Gasteiger charge is 2.24. The lowest BCUT2D eigenvalue weighted by molar-refractivity contribution is 0.101. The van der Waals surface area contributed by atoms with Crippen molar-refractivity contribution in [2.45, 2.75) is 58.6 Å². The summed E-state index contributed by atoms with van der Waals surface area (Å²) in [6.45, 7) is 7.21. The van der Waals surface area contributed by atoms with Crippen molar-refractivity contribution in [3.63, 3.8) is 0 Å². The Morgan fingerprint density at radius 2 is 2.10 bits per heavy atom. The van der Waals surface area contributed by atoms with Crippen molar-refractivity contribution in [3.05, 3.63) is 29.6 Å². The number of hydrogen-bond acceptors (Lipinski definition) is 2. The maximum Gasteiger partial charge on any atom is 0.124 e. The van der Waals surface area contributed by atoms with Gasteiger partial charge in [-0.2, -0.15) is 0 Å². The summed E-state index contributed by atoms with van der Waals surface area (Å²) in [5, 5.41) is 3.33. The summed E-state index contributed by atoms with van der Waals surface area (Å²) >= 11 is 0. The van der Waals surface area contributed by atoms with E-state index >= 15 is 0 Å². The molecule has 1 aromatic rings. The van der Waals surface area contributed by atoms with E-state index in [1.54, 1.807) is 12.1 Å². The Labute approximate surface area is 121 Å². The topological polar surface area (TPSA) is 21.3 Å². The van der Waals surface area contributed by atoms with Crippen molar-refractivity contribution < 1.29 is 9.13 Å². The number of hydrogen-bond donors (Lipinski definition) is 1. The van der Waals surface area contributed by atoms with Gasteiger partial charge < -0.3 is 10.1 Å². The summed E-state index contributed by atoms with van der Waals surface area (Å²) in [7, 11) is 0. The van der Waals surface area contributed by atoms with Crippen LogP contribution in [0.4, 0.5) is 4.39 Å². The molecule has 2 nitrogen and oxygen atoms in total. The van der Waals surface area contributed by atoms with Crippen molar-refractivity contribution in [1.29, 1.82) is 0 Å². The van der Waals surface area contributed by atoms with E-state index in [2.05, 4.69) is 26.1 Å². The molecule has 0 amide bonds. The van der Waals surface area contributed by atoms with Gasteiger partial charge in [-0.15, -0.1) is 0 Å². The van der Waals surface area contributed by atoms with Crippen LogP contribution in [-0.2, 0) is 0 Å². The number of benzene rings is 1. The number of ether oxygens (including phenoxy) is 1. The van der Waals surface area contributed by atoms with Gasteiger partial charge in [0.15, 0.2) is 0 Å². The quantitative estimate of drug-likeness (QED) is 0.859. The third-order valence-corrected chi connectivity index (χ3v) is 4.26. The molecule has 3 atom stereocenters. The van der Waals surface area contributed by atoms with Gasteiger partial charge in [-0.3, -0.25) is 0 Å². The third-order valence-electron chi connectivity index (χ3n) is 4.26. The highest BCUT2D eigenvalue weighted by atomic mass is 19.1. The predicted molar refractivity (Wildman–Crippen MR) is 80.5 cm³/mol. The second-order valence-electron chi connectivity index (χ2n) is 5.88. The second-order valence-corrected chi connectivity index (χ2v) is 5.88. The Morgan fingerprint density at radius 1 is 1.35 bits per heavy atom. The van der Waals surface area contributed by atoms with Crippen molar-refractivity contribution >= 4 is 0 Å². The van der Waals surface area contributed by atoms with Crippen LogP contribution in [0.3, 0.4) is 0 Å². The van der Waals surface area contributed by atoms with Crippen LogP contribution >= 0.6 is 0 Å². The van der Waals surface area contributed by atoms with Gasteiger partial charge in [-0.1, -0.05) is 20.3 Å². The fourth-order valence-electron chi connectivity index (χ4n) is 3.00. The second kappa shape index (κ2) is 7.07. The smallest absolute Gasteiger partial charge is 0.124 e. The van der Waals surface area contributed by atoms with Gasteiger partial charge in [0, 0.05) is 11.6 Å². The molecule has 112 valence electrons. The van der Waals surface area contributed by atoms with Crippen molar-refractivity contribution in [2.24, 2.45) is 5.92 Å². The normalized spacial score (nSPS) is 24.4. The molecule has 0 radical (unpaired) electrons. The Balaban J connectivity index is 2.17. The average Bonchev–Trinajstić information content (AvgIpc) is 2.43. The van der Waals surface area contributed by atoms with E-state index in [0.29, 0.717) is 5.92 Å². The van der Waals surface area contributed by atoms with Crippen LogP contribution in [0.5, 0.6) is 5.75 Å². The largest absolute Gasteiger partial charge is 0.490 e. The molecule has 0 saturated heterocycles. The van der Waals surface area contributed by atoms with Gasteiger partial charge >= 0.3 is 0 Å². The van der Waals surface area contributed by atoms with E-state index in [1.807, 2.05) is 0 Å². The zero-order chi connectivity index (χ0) is 14.5. The lowest BCUT2D eigenvalue weighted by atomic mass is 9.88. The van der Waals surface area contributed by atoms with Crippen LogP contribution < -0.4 is 10.1 Å². The molecule has 1 aliphatic carbocycles. The van der Waals surface area contributed by atoms with Crippen LogP contribution in [0, 0.1) is 11.7 Å². The minimum Gasteiger partial charge on any atom is -0.490 e. The van der Waals surface area contributed by atoms with Gasteiger partial charge in [-0.05, 0) is 56.8 Å². The Kier molecular flexibility index (Phi) is 5.41. The standard InChI is InChI=1S/C17H26FNO/c1-4-19-13(3)15-11-14(18)9-10-17(15)20-16-8-6-5-7-12(16)2/h9-13,16,19H,4-8H2,1-3H3. The molecule has 0 heterocycles. The molecule has 1 aliphatic rings. The first-order chi connectivity index (χ1) is 9.61. The molecule has 0 spiro atoms. The lowest BCUT2D eigenvalue weighted by Gasteiger charge is -2.30. The molecule has 1 aromatic carbocycles. The van der Waals surface area contributed by atoms with E-state index < -0.39 is 0 Å². The van der Waals surface area contributed by atoms with Crippen molar-refractivity contribution in [1.82, 2.24) is 5.32 Å². The predicted octanol–water partition coefficient (Wildman–Crippen LogP) is 4.45.